The van der Waals surface area contributed by atoms with Crippen molar-refractivity contribution in [1.82, 2.24) is 9.97 Å². The molecular formula is C11H8BrClF2N4. The molecule has 0 unspecified atom stereocenters. The van der Waals surface area contributed by atoms with Gasteiger partial charge >= 0.3 is 0 Å². The zero-order chi connectivity index (χ0) is 14.0. The van der Waals surface area contributed by atoms with Crippen LogP contribution in [0.1, 0.15) is 0 Å². The third kappa shape index (κ3) is 2.93. The van der Waals surface area contributed by atoms with Crippen LogP contribution in [-0.4, -0.2) is 17.0 Å². The second-order valence-electron chi connectivity index (χ2n) is 3.50. The third-order valence-electron chi connectivity index (χ3n) is 2.28. The van der Waals surface area contributed by atoms with Crippen LogP contribution in [0.3, 0.4) is 0 Å². The van der Waals surface area contributed by atoms with Gasteiger partial charge in [0.05, 0.1) is 10.7 Å². The number of halogens is 4. The zero-order valence-electron chi connectivity index (χ0n) is 9.64. The van der Waals surface area contributed by atoms with Crippen LogP contribution in [0.4, 0.5) is 26.1 Å². The predicted molar refractivity (Wildman–Crippen MR) is 73.9 cm³/mol. The van der Waals surface area contributed by atoms with Crippen molar-refractivity contribution < 1.29 is 8.78 Å². The number of aromatic nitrogens is 2. The van der Waals surface area contributed by atoms with Gasteiger partial charge in [-0.3, -0.25) is 0 Å². The highest BCUT2D eigenvalue weighted by Gasteiger charge is 2.14. The molecule has 2 N–H and O–H groups in total. The van der Waals surface area contributed by atoms with E-state index in [0.29, 0.717) is 16.1 Å². The lowest BCUT2D eigenvalue weighted by Crippen LogP contribution is -2.02. The maximum absolute atomic E-state index is 13.6. The molecule has 0 aliphatic carbocycles. The molecule has 0 atom stereocenters. The molecule has 1 aromatic carbocycles. The molecule has 0 fully saturated rings. The minimum absolute atomic E-state index is 0.0514. The second kappa shape index (κ2) is 5.66. The summed E-state index contributed by atoms with van der Waals surface area (Å²) < 4.78 is 27.1. The monoisotopic (exact) mass is 348 g/mol. The van der Waals surface area contributed by atoms with Gasteiger partial charge in [-0.05, 0) is 22.0 Å². The fraction of sp³-hybridized carbons (Fsp3) is 0.0909. The Morgan fingerprint density at radius 1 is 1.21 bits per heavy atom. The van der Waals surface area contributed by atoms with Crippen molar-refractivity contribution in [2.75, 3.05) is 17.7 Å². The zero-order valence-corrected chi connectivity index (χ0v) is 12.0. The molecule has 2 rings (SSSR count). The minimum Gasteiger partial charge on any atom is -0.372 e. The lowest BCUT2D eigenvalue weighted by Gasteiger charge is -2.12. The first kappa shape index (κ1) is 14.0. The molecule has 0 bridgehead atoms. The molecule has 19 heavy (non-hydrogen) atoms. The number of benzene rings is 1. The van der Waals surface area contributed by atoms with E-state index in [1.165, 1.54) is 6.33 Å². The Balaban J connectivity index is 2.42. The molecular weight excluding hydrogens is 342 g/mol. The highest BCUT2D eigenvalue weighted by atomic mass is 79.9. The van der Waals surface area contributed by atoms with Crippen LogP contribution in [-0.2, 0) is 0 Å². The second-order valence-corrected chi connectivity index (χ2v) is 4.70. The summed E-state index contributed by atoms with van der Waals surface area (Å²) in [6.45, 7) is 0. The lowest BCUT2D eigenvalue weighted by molar-refractivity contribution is 0.586. The molecule has 0 aliphatic rings. The molecule has 0 amide bonds. The summed E-state index contributed by atoms with van der Waals surface area (Å²) in [6.07, 6.45) is 1.30. The number of hydrogen-bond donors (Lipinski definition) is 2. The summed E-state index contributed by atoms with van der Waals surface area (Å²) >= 11 is 9.07. The Morgan fingerprint density at radius 3 is 2.53 bits per heavy atom. The van der Waals surface area contributed by atoms with Crippen LogP contribution in [0, 0.1) is 11.6 Å². The van der Waals surface area contributed by atoms with Gasteiger partial charge in [0, 0.05) is 13.1 Å². The van der Waals surface area contributed by atoms with Gasteiger partial charge in [0.25, 0.3) is 0 Å². The minimum atomic E-state index is -0.804. The maximum atomic E-state index is 13.6. The van der Waals surface area contributed by atoms with Crippen LogP contribution in [0.2, 0.25) is 5.02 Å². The van der Waals surface area contributed by atoms with Gasteiger partial charge in [0.1, 0.15) is 28.3 Å². The fourth-order valence-corrected chi connectivity index (χ4v) is 2.16. The van der Waals surface area contributed by atoms with E-state index >= 15 is 0 Å². The van der Waals surface area contributed by atoms with Crippen molar-refractivity contribution >= 4 is 44.9 Å². The molecule has 0 saturated carbocycles. The van der Waals surface area contributed by atoms with Crippen LogP contribution >= 0.6 is 27.5 Å². The summed E-state index contributed by atoms with van der Waals surface area (Å²) in [4.78, 5) is 7.92. The lowest BCUT2D eigenvalue weighted by atomic mass is 10.3. The Kier molecular flexibility index (Phi) is 4.16. The summed E-state index contributed by atoms with van der Waals surface area (Å²) in [7, 11) is 1.68. The molecule has 1 heterocycles. The van der Waals surface area contributed by atoms with E-state index in [2.05, 4.69) is 36.5 Å². The van der Waals surface area contributed by atoms with Gasteiger partial charge < -0.3 is 10.6 Å². The van der Waals surface area contributed by atoms with Crippen LogP contribution in [0.25, 0.3) is 0 Å². The van der Waals surface area contributed by atoms with E-state index < -0.39 is 11.6 Å². The number of hydrogen-bond acceptors (Lipinski definition) is 4. The van der Waals surface area contributed by atoms with Crippen LogP contribution in [0.15, 0.2) is 22.9 Å². The van der Waals surface area contributed by atoms with Gasteiger partial charge in [-0.2, -0.15) is 0 Å². The van der Waals surface area contributed by atoms with Gasteiger partial charge in [-0.25, -0.2) is 18.7 Å². The van der Waals surface area contributed by atoms with Crippen LogP contribution in [0.5, 0.6) is 0 Å². The summed E-state index contributed by atoms with van der Waals surface area (Å²) in [5.74, 6) is -0.713. The largest absolute Gasteiger partial charge is 0.372 e. The molecule has 8 heteroatoms. The Morgan fingerprint density at radius 2 is 1.89 bits per heavy atom. The normalized spacial score (nSPS) is 10.4. The van der Waals surface area contributed by atoms with Crippen molar-refractivity contribution in [3.8, 4) is 0 Å². The van der Waals surface area contributed by atoms with Gasteiger partial charge in [-0.1, -0.05) is 11.6 Å². The molecule has 100 valence electrons. The Bertz CT molecular complexity index is 601. The molecule has 1 aromatic heterocycles. The molecule has 4 nitrogen and oxygen atoms in total. The molecule has 0 aliphatic heterocycles. The topological polar surface area (TPSA) is 49.8 Å². The summed E-state index contributed by atoms with van der Waals surface area (Å²) in [6, 6.07) is 1.75. The Hall–Kier alpha value is -1.47. The van der Waals surface area contributed by atoms with Crippen LogP contribution < -0.4 is 10.6 Å². The average Bonchev–Trinajstić information content (AvgIpc) is 2.35. The Labute approximate surface area is 121 Å². The van der Waals surface area contributed by atoms with E-state index in [1.807, 2.05) is 0 Å². The highest BCUT2D eigenvalue weighted by molar-refractivity contribution is 9.10. The first-order chi connectivity index (χ1) is 9.02. The number of anilines is 3. The van der Waals surface area contributed by atoms with Gasteiger partial charge in [-0.15, -0.1) is 0 Å². The number of rotatable bonds is 3. The van der Waals surface area contributed by atoms with Crippen molar-refractivity contribution in [2.24, 2.45) is 0 Å². The van der Waals surface area contributed by atoms with E-state index in [-0.39, 0.29) is 10.7 Å². The van der Waals surface area contributed by atoms with Crippen molar-refractivity contribution in [2.45, 2.75) is 0 Å². The molecule has 0 spiro atoms. The highest BCUT2D eigenvalue weighted by Crippen LogP contribution is 2.33. The summed E-state index contributed by atoms with van der Waals surface area (Å²) in [5.41, 5.74) is -0.0514. The van der Waals surface area contributed by atoms with E-state index in [0.717, 1.165) is 12.1 Å². The first-order valence-electron chi connectivity index (χ1n) is 5.12. The SMILES string of the molecule is CNc1ncnc(Nc2c(F)cc(F)cc2Cl)c1Br. The number of nitrogens with one attached hydrogen (secondary N) is 2. The maximum Gasteiger partial charge on any atom is 0.151 e. The van der Waals surface area contributed by atoms with Gasteiger partial charge in [0.15, 0.2) is 5.82 Å². The smallest absolute Gasteiger partial charge is 0.151 e. The molecule has 2 aromatic rings. The quantitative estimate of drug-likeness (QED) is 0.881. The van der Waals surface area contributed by atoms with E-state index in [4.69, 9.17) is 11.6 Å². The van der Waals surface area contributed by atoms with Gasteiger partial charge in [0.2, 0.25) is 0 Å². The molecule has 0 saturated heterocycles. The average molecular weight is 350 g/mol. The van der Waals surface area contributed by atoms with Crippen molar-refractivity contribution in [3.05, 3.63) is 39.6 Å². The van der Waals surface area contributed by atoms with E-state index in [9.17, 15) is 8.78 Å². The van der Waals surface area contributed by atoms with E-state index in [1.54, 1.807) is 7.05 Å². The predicted octanol–water partition coefficient (Wildman–Crippen LogP) is 3.96. The third-order valence-corrected chi connectivity index (χ3v) is 3.33. The molecule has 0 radical (unpaired) electrons. The summed E-state index contributed by atoms with van der Waals surface area (Å²) in [5, 5.41) is 5.46. The standard InChI is InChI=1S/C11H8BrClF2N4/c1-16-10-8(12)11(18-4-17-10)19-9-6(13)2-5(14)3-7(9)15/h2-4H,1H3,(H2,16,17,18,19). The van der Waals surface area contributed by atoms with Crippen molar-refractivity contribution in [1.29, 1.82) is 0 Å². The number of nitrogens with zero attached hydrogens (tertiary/aromatic N) is 2. The fourth-order valence-electron chi connectivity index (χ4n) is 1.41. The first-order valence-corrected chi connectivity index (χ1v) is 6.30. The van der Waals surface area contributed by atoms with Crippen molar-refractivity contribution in [3.63, 3.8) is 0 Å².